The topological polar surface area (TPSA) is 38.5 Å². The molecule has 3 unspecified atom stereocenters. The molecule has 17 heavy (non-hydrogen) atoms. The highest BCUT2D eigenvalue weighted by Gasteiger charge is 2.38. The highest BCUT2D eigenvalue weighted by Crippen LogP contribution is 2.33. The fourth-order valence-electron chi connectivity index (χ4n) is 3.09. The van der Waals surface area contributed by atoms with Gasteiger partial charge in [0, 0.05) is 6.04 Å². The molecule has 92 valence electrons. The SMILES string of the molecule is NC1OCC(c2ccccc2)N2CCCCC12. The first kappa shape index (κ1) is 11.2. The molecule has 1 aromatic rings. The van der Waals surface area contributed by atoms with Gasteiger partial charge in [0.2, 0.25) is 0 Å². The van der Waals surface area contributed by atoms with E-state index in [0.717, 1.165) is 13.2 Å². The van der Waals surface area contributed by atoms with Gasteiger partial charge in [-0.3, -0.25) is 4.90 Å². The molecule has 2 N–H and O–H groups in total. The Hall–Kier alpha value is -0.900. The number of piperidine rings is 1. The van der Waals surface area contributed by atoms with Crippen LogP contribution in [-0.2, 0) is 4.74 Å². The summed E-state index contributed by atoms with van der Waals surface area (Å²) in [4.78, 5) is 2.55. The first-order chi connectivity index (χ1) is 8.36. The summed E-state index contributed by atoms with van der Waals surface area (Å²) >= 11 is 0. The Kier molecular flexibility index (Phi) is 3.14. The van der Waals surface area contributed by atoms with Crippen LogP contribution in [0.1, 0.15) is 30.9 Å². The molecule has 3 rings (SSSR count). The highest BCUT2D eigenvalue weighted by atomic mass is 16.5. The van der Waals surface area contributed by atoms with Gasteiger partial charge in [0.15, 0.2) is 0 Å². The van der Waals surface area contributed by atoms with Gasteiger partial charge in [-0.1, -0.05) is 36.8 Å². The number of hydrogen-bond acceptors (Lipinski definition) is 3. The molecule has 1 aromatic carbocycles. The lowest BCUT2D eigenvalue weighted by molar-refractivity contribution is -0.115. The van der Waals surface area contributed by atoms with Crippen LogP contribution in [0.4, 0.5) is 0 Å². The molecule has 0 aromatic heterocycles. The van der Waals surface area contributed by atoms with Crippen molar-refractivity contribution in [1.29, 1.82) is 0 Å². The third-order valence-corrected chi connectivity index (χ3v) is 4.00. The average molecular weight is 232 g/mol. The van der Waals surface area contributed by atoms with Gasteiger partial charge in [-0.2, -0.15) is 0 Å². The molecular formula is C14H20N2O. The molecule has 0 aliphatic carbocycles. The predicted molar refractivity (Wildman–Crippen MR) is 67.5 cm³/mol. The van der Waals surface area contributed by atoms with Crippen LogP contribution in [0.5, 0.6) is 0 Å². The molecule has 0 spiro atoms. The third-order valence-electron chi connectivity index (χ3n) is 4.00. The van der Waals surface area contributed by atoms with Crippen LogP contribution in [0.25, 0.3) is 0 Å². The number of nitrogens with two attached hydrogens (primary N) is 1. The minimum Gasteiger partial charge on any atom is -0.360 e. The molecule has 2 heterocycles. The van der Waals surface area contributed by atoms with Gasteiger partial charge < -0.3 is 10.5 Å². The smallest absolute Gasteiger partial charge is 0.121 e. The minimum absolute atomic E-state index is 0.102. The van der Waals surface area contributed by atoms with Gasteiger partial charge in [-0.15, -0.1) is 0 Å². The number of morpholine rings is 1. The summed E-state index contributed by atoms with van der Waals surface area (Å²) in [6.45, 7) is 1.88. The molecule has 2 aliphatic heterocycles. The largest absolute Gasteiger partial charge is 0.360 e. The van der Waals surface area contributed by atoms with Gasteiger partial charge in [0.05, 0.1) is 12.6 Å². The van der Waals surface area contributed by atoms with Crippen molar-refractivity contribution in [2.75, 3.05) is 13.2 Å². The lowest BCUT2D eigenvalue weighted by Gasteiger charge is -2.47. The second-order valence-corrected chi connectivity index (χ2v) is 5.03. The normalized spacial score (nSPS) is 34.3. The molecule has 3 atom stereocenters. The predicted octanol–water partition coefficient (Wildman–Crippen LogP) is 1.90. The van der Waals surface area contributed by atoms with Gasteiger partial charge in [-0.25, -0.2) is 0 Å². The number of fused-ring (bicyclic) bond motifs is 1. The maximum atomic E-state index is 6.07. The lowest BCUT2D eigenvalue weighted by atomic mass is 9.94. The van der Waals surface area contributed by atoms with Crippen molar-refractivity contribution >= 4 is 0 Å². The lowest BCUT2D eigenvalue weighted by Crippen LogP contribution is -2.57. The summed E-state index contributed by atoms with van der Waals surface area (Å²) in [5.41, 5.74) is 7.42. The summed E-state index contributed by atoms with van der Waals surface area (Å²) in [6.07, 6.45) is 3.63. The second kappa shape index (κ2) is 4.77. The number of hydrogen-bond donors (Lipinski definition) is 1. The molecule has 0 amide bonds. The van der Waals surface area contributed by atoms with E-state index in [9.17, 15) is 0 Å². The van der Waals surface area contributed by atoms with Crippen molar-refractivity contribution in [1.82, 2.24) is 4.90 Å². The number of nitrogens with zero attached hydrogens (tertiary/aromatic N) is 1. The van der Waals surface area contributed by atoms with E-state index in [1.807, 2.05) is 0 Å². The summed E-state index contributed by atoms with van der Waals surface area (Å²) in [5.74, 6) is 0. The fraction of sp³-hybridized carbons (Fsp3) is 0.571. The maximum absolute atomic E-state index is 6.07. The van der Waals surface area contributed by atoms with E-state index in [1.165, 1.54) is 24.8 Å². The molecule has 0 saturated carbocycles. The van der Waals surface area contributed by atoms with Crippen molar-refractivity contribution in [3.8, 4) is 0 Å². The molecule has 2 fully saturated rings. The Bertz CT molecular complexity index is 368. The van der Waals surface area contributed by atoms with E-state index in [1.54, 1.807) is 0 Å². The molecular weight excluding hydrogens is 212 g/mol. The fourth-order valence-corrected chi connectivity index (χ4v) is 3.09. The first-order valence-corrected chi connectivity index (χ1v) is 6.54. The number of ether oxygens (including phenoxy) is 1. The van der Waals surface area contributed by atoms with E-state index >= 15 is 0 Å². The van der Waals surface area contributed by atoms with Crippen molar-refractivity contribution < 1.29 is 4.74 Å². The zero-order valence-electron chi connectivity index (χ0n) is 10.1. The molecule has 0 radical (unpaired) electrons. The summed E-state index contributed by atoms with van der Waals surface area (Å²) < 4.78 is 5.75. The van der Waals surface area contributed by atoms with Gasteiger partial charge in [0.25, 0.3) is 0 Å². The number of benzene rings is 1. The van der Waals surface area contributed by atoms with Crippen LogP contribution in [0, 0.1) is 0 Å². The molecule has 2 aliphatic rings. The quantitative estimate of drug-likeness (QED) is 0.803. The summed E-state index contributed by atoms with van der Waals surface area (Å²) in [5, 5.41) is 0. The van der Waals surface area contributed by atoms with Crippen molar-refractivity contribution in [2.45, 2.75) is 37.6 Å². The van der Waals surface area contributed by atoms with Crippen LogP contribution in [-0.4, -0.2) is 30.3 Å². The second-order valence-electron chi connectivity index (χ2n) is 5.03. The highest BCUT2D eigenvalue weighted by molar-refractivity contribution is 5.20. The Labute approximate surface area is 103 Å². The standard InChI is InChI=1S/C14H20N2O/c15-14-12-8-4-5-9-16(12)13(10-17-14)11-6-2-1-3-7-11/h1-3,6-7,12-14H,4-5,8-10,15H2. The van der Waals surface area contributed by atoms with Crippen molar-refractivity contribution in [2.24, 2.45) is 5.73 Å². The van der Waals surface area contributed by atoms with Crippen LogP contribution in [0.3, 0.4) is 0 Å². The Balaban J connectivity index is 1.85. The maximum Gasteiger partial charge on any atom is 0.121 e. The third kappa shape index (κ3) is 2.10. The van der Waals surface area contributed by atoms with Crippen molar-refractivity contribution in [3.05, 3.63) is 35.9 Å². The van der Waals surface area contributed by atoms with E-state index in [0.29, 0.717) is 12.1 Å². The molecule has 0 bridgehead atoms. The Morgan fingerprint density at radius 3 is 2.82 bits per heavy atom. The minimum atomic E-state index is -0.102. The first-order valence-electron chi connectivity index (χ1n) is 6.54. The van der Waals surface area contributed by atoms with Crippen LogP contribution < -0.4 is 5.73 Å². The molecule has 3 heteroatoms. The molecule has 2 saturated heterocycles. The van der Waals surface area contributed by atoms with Crippen LogP contribution in [0.15, 0.2) is 30.3 Å². The monoisotopic (exact) mass is 232 g/mol. The Morgan fingerprint density at radius 2 is 2.00 bits per heavy atom. The van der Waals surface area contributed by atoms with E-state index in [-0.39, 0.29) is 6.23 Å². The van der Waals surface area contributed by atoms with E-state index < -0.39 is 0 Å². The van der Waals surface area contributed by atoms with Crippen LogP contribution in [0.2, 0.25) is 0 Å². The zero-order valence-corrected chi connectivity index (χ0v) is 10.1. The molecule has 3 nitrogen and oxygen atoms in total. The van der Waals surface area contributed by atoms with Gasteiger partial charge in [-0.05, 0) is 24.9 Å². The summed E-state index contributed by atoms with van der Waals surface area (Å²) in [7, 11) is 0. The van der Waals surface area contributed by atoms with Gasteiger partial charge in [0.1, 0.15) is 6.23 Å². The van der Waals surface area contributed by atoms with E-state index in [2.05, 4.69) is 35.2 Å². The summed E-state index contributed by atoms with van der Waals surface area (Å²) in [6, 6.07) is 11.4. The zero-order chi connectivity index (χ0) is 11.7. The average Bonchev–Trinajstić information content (AvgIpc) is 2.41. The van der Waals surface area contributed by atoms with Crippen molar-refractivity contribution in [3.63, 3.8) is 0 Å². The van der Waals surface area contributed by atoms with Crippen LogP contribution >= 0.6 is 0 Å². The van der Waals surface area contributed by atoms with Gasteiger partial charge >= 0.3 is 0 Å². The Morgan fingerprint density at radius 1 is 1.18 bits per heavy atom. The van der Waals surface area contributed by atoms with E-state index in [4.69, 9.17) is 10.5 Å². The number of rotatable bonds is 1.